The number of nitrogens with zero attached hydrogens (tertiary/aromatic N) is 1. The normalized spacial score (nSPS) is 11.7. The van der Waals surface area contributed by atoms with Crippen molar-refractivity contribution in [3.63, 3.8) is 0 Å². The zero-order valence-electron chi connectivity index (χ0n) is 15.7. The zero-order valence-corrected chi connectivity index (χ0v) is 15.7. The van der Waals surface area contributed by atoms with Crippen LogP contribution in [-0.4, -0.2) is 18.7 Å². The fraction of sp³-hybridized carbons (Fsp3) is 0.182. The van der Waals surface area contributed by atoms with Gasteiger partial charge in [0.2, 0.25) is 5.91 Å². The number of hydrazone groups is 1. The lowest BCUT2D eigenvalue weighted by Gasteiger charge is -2.09. The number of carbonyl (C=O) groups is 1. The Balaban J connectivity index is 1.70. The van der Waals surface area contributed by atoms with Crippen molar-refractivity contribution in [2.45, 2.75) is 19.5 Å². The van der Waals surface area contributed by atoms with Crippen LogP contribution in [0, 0.1) is 0 Å². The highest BCUT2D eigenvalue weighted by molar-refractivity contribution is 6.02. The lowest BCUT2D eigenvalue weighted by Crippen LogP contribution is -2.20. The summed E-state index contributed by atoms with van der Waals surface area (Å²) >= 11 is 0. The van der Waals surface area contributed by atoms with E-state index >= 15 is 0 Å². The highest BCUT2D eigenvalue weighted by Crippen LogP contribution is 2.30. The topological polar surface area (TPSA) is 50.7 Å². The highest BCUT2D eigenvalue weighted by atomic mass is 19.4. The maximum Gasteiger partial charge on any atom is 0.416 e. The van der Waals surface area contributed by atoms with E-state index in [0.29, 0.717) is 6.61 Å². The summed E-state index contributed by atoms with van der Waals surface area (Å²) < 4.78 is 43.9. The number of ether oxygens (including phenoxy) is 1. The van der Waals surface area contributed by atoms with Crippen LogP contribution in [0.1, 0.15) is 23.6 Å². The van der Waals surface area contributed by atoms with Gasteiger partial charge >= 0.3 is 6.18 Å². The third kappa shape index (κ3) is 5.13. The van der Waals surface area contributed by atoms with Crippen molar-refractivity contribution in [2.24, 2.45) is 5.10 Å². The molecule has 3 aromatic rings. The summed E-state index contributed by atoms with van der Waals surface area (Å²) in [6.45, 7) is 2.45. The average molecular weight is 400 g/mol. The molecule has 0 aliphatic heterocycles. The molecule has 1 amide bonds. The predicted molar refractivity (Wildman–Crippen MR) is 106 cm³/mol. The summed E-state index contributed by atoms with van der Waals surface area (Å²) in [5.74, 6) is 0.254. The van der Waals surface area contributed by atoms with E-state index in [4.69, 9.17) is 4.74 Å². The fourth-order valence-electron chi connectivity index (χ4n) is 2.95. The SMILES string of the molecule is CCOc1ccc(/C=N/NC(=O)Cc2cccc(C(F)(F)F)c2)c2ccccc12. The van der Waals surface area contributed by atoms with Gasteiger partial charge in [0.15, 0.2) is 0 Å². The van der Waals surface area contributed by atoms with Crippen LogP contribution < -0.4 is 10.2 Å². The Kier molecular flexibility index (Phi) is 6.16. The minimum atomic E-state index is -4.45. The third-order valence-corrected chi connectivity index (χ3v) is 4.23. The lowest BCUT2D eigenvalue weighted by atomic mass is 10.0. The molecule has 0 saturated heterocycles. The van der Waals surface area contributed by atoms with Gasteiger partial charge in [-0.05, 0) is 36.1 Å². The van der Waals surface area contributed by atoms with E-state index in [-0.39, 0.29) is 12.0 Å². The number of nitrogens with one attached hydrogen (secondary N) is 1. The molecule has 1 N–H and O–H groups in total. The summed E-state index contributed by atoms with van der Waals surface area (Å²) in [7, 11) is 0. The highest BCUT2D eigenvalue weighted by Gasteiger charge is 2.30. The van der Waals surface area contributed by atoms with Crippen molar-refractivity contribution in [1.29, 1.82) is 0 Å². The Hall–Kier alpha value is -3.35. The number of benzene rings is 3. The first kappa shape index (κ1) is 20.4. The van der Waals surface area contributed by atoms with E-state index in [1.54, 1.807) is 0 Å². The quantitative estimate of drug-likeness (QED) is 0.470. The maximum absolute atomic E-state index is 12.8. The van der Waals surface area contributed by atoms with E-state index < -0.39 is 17.6 Å². The molecule has 150 valence electrons. The van der Waals surface area contributed by atoms with Crippen molar-refractivity contribution in [3.8, 4) is 5.75 Å². The molecule has 0 heterocycles. The van der Waals surface area contributed by atoms with E-state index in [1.807, 2.05) is 43.3 Å². The first-order valence-electron chi connectivity index (χ1n) is 9.01. The standard InChI is InChI=1S/C22H19F3N2O2/c1-2-29-20-11-10-16(18-8-3-4-9-19(18)20)14-26-27-21(28)13-15-6-5-7-17(12-15)22(23,24)25/h3-12,14H,2,13H2,1H3,(H,27,28)/b26-14+. The summed E-state index contributed by atoms with van der Waals surface area (Å²) in [5, 5.41) is 5.78. The van der Waals surface area contributed by atoms with Crippen molar-refractivity contribution < 1.29 is 22.7 Å². The van der Waals surface area contributed by atoms with Gasteiger partial charge in [0.05, 0.1) is 24.8 Å². The number of hydrogen-bond acceptors (Lipinski definition) is 3. The number of alkyl halides is 3. The second kappa shape index (κ2) is 8.77. The van der Waals surface area contributed by atoms with Gasteiger partial charge in [0.1, 0.15) is 5.75 Å². The van der Waals surface area contributed by atoms with Crippen LogP contribution in [0.2, 0.25) is 0 Å². The van der Waals surface area contributed by atoms with Gasteiger partial charge in [-0.3, -0.25) is 4.79 Å². The van der Waals surface area contributed by atoms with E-state index in [9.17, 15) is 18.0 Å². The van der Waals surface area contributed by atoms with Crippen LogP contribution in [0.15, 0.2) is 65.8 Å². The van der Waals surface area contributed by atoms with Gasteiger partial charge in [-0.2, -0.15) is 18.3 Å². The summed E-state index contributed by atoms with van der Waals surface area (Å²) in [4.78, 5) is 12.0. The third-order valence-electron chi connectivity index (χ3n) is 4.23. The molecule has 0 spiro atoms. The van der Waals surface area contributed by atoms with E-state index in [2.05, 4.69) is 10.5 Å². The number of fused-ring (bicyclic) bond motifs is 1. The molecule has 0 fully saturated rings. The Labute approximate surface area is 166 Å². The molecule has 0 atom stereocenters. The molecule has 4 nitrogen and oxygen atoms in total. The predicted octanol–water partition coefficient (Wildman–Crippen LogP) is 4.95. The van der Waals surface area contributed by atoms with Crippen molar-refractivity contribution in [1.82, 2.24) is 5.43 Å². The van der Waals surface area contributed by atoms with Gasteiger partial charge in [-0.25, -0.2) is 5.43 Å². The summed E-state index contributed by atoms with van der Waals surface area (Å²) in [6, 6.07) is 16.0. The van der Waals surface area contributed by atoms with Crippen molar-refractivity contribution >= 4 is 22.9 Å². The monoisotopic (exact) mass is 400 g/mol. The van der Waals surface area contributed by atoms with Gasteiger partial charge in [0.25, 0.3) is 0 Å². The smallest absolute Gasteiger partial charge is 0.416 e. The molecular formula is C22H19F3N2O2. The molecule has 0 saturated carbocycles. The second-order valence-electron chi connectivity index (χ2n) is 6.30. The van der Waals surface area contributed by atoms with Gasteiger partial charge in [0, 0.05) is 10.9 Å². The van der Waals surface area contributed by atoms with Crippen molar-refractivity contribution in [2.75, 3.05) is 6.61 Å². The molecule has 7 heteroatoms. The number of hydrogen-bond donors (Lipinski definition) is 1. The Morgan fingerprint density at radius 2 is 1.83 bits per heavy atom. The summed E-state index contributed by atoms with van der Waals surface area (Å²) in [5.41, 5.74) is 2.62. The molecule has 3 aromatic carbocycles. The number of rotatable bonds is 6. The van der Waals surface area contributed by atoms with Gasteiger partial charge in [-0.1, -0.05) is 42.5 Å². The largest absolute Gasteiger partial charge is 0.493 e. The first-order chi connectivity index (χ1) is 13.9. The van der Waals surface area contributed by atoms with Crippen LogP contribution in [-0.2, 0) is 17.4 Å². The van der Waals surface area contributed by atoms with Crippen molar-refractivity contribution in [3.05, 3.63) is 77.4 Å². The number of amides is 1. The number of halogens is 3. The molecule has 0 aromatic heterocycles. The minimum absolute atomic E-state index is 0.203. The molecule has 0 aliphatic rings. The van der Waals surface area contributed by atoms with Crippen LogP contribution >= 0.6 is 0 Å². The zero-order chi connectivity index (χ0) is 20.9. The molecular weight excluding hydrogens is 381 g/mol. The fourth-order valence-corrected chi connectivity index (χ4v) is 2.95. The van der Waals surface area contributed by atoms with Crippen LogP contribution in [0.25, 0.3) is 10.8 Å². The second-order valence-corrected chi connectivity index (χ2v) is 6.30. The lowest BCUT2D eigenvalue weighted by molar-refractivity contribution is -0.137. The molecule has 0 unspecified atom stereocenters. The van der Waals surface area contributed by atoms with Crippen LogP contribution in [0.4, 0.5) is 13.2 Å². The Morgan fingerprint density at radius 3 is 2.55 bits per heavy atom. The number of carbonyl (C=O) groups excluding carboxylic acids is 1. The minimum Gasteiger partial charge on any atom is -0.493 e. The van der Waals surface area contributed by atoms with E-state index in [1.165, 1.54) is 18.3 Å². The average Bonchev–Trinajstić information content (AvgIpc) is 2.69. The molecule has 0 aliphatic carbocycles. The molecule has 3 rings (SSSR count). The molecule has 29 heavy (non-hydrogen) atoms. The summed E-state index contributed by atoms with van der Waals surface area (Å²) in [6.07, 6.45) is -3.15. The first-order valence-corrected chi connectivity index (χ1v) is 9.01. The molecule has 0 bridgehead atoms. The van der Waals surface area contributed by atoms with E-state index in [0.717, 1.165) is 34.2 Å². The van der Waals surface area contributed by atoms with Crippen LogP contribution in [0.3, 0.4) is 0 Å². The molecule has 0 radical (unpaired) electrons. The maximum atomic E-state index is 12.8. The van der Waals surface area contributed by atoms with Crippen LogP contribution in [0.5, 0.6) is 5.75 Å². The Bertz CT molecular complexity index is 1050. The Morgan fingerprint density at radius 1 is 1.07 bits per heavy atom. The van der Waals surface area contributed by atoms with Gasteiger partial charge < -0.3 is 4.74 Å². The van der Waals surface area contributed by atoms with Gasteiger partial charge in [-0.15, -0.1) is 0 Å².